The van der Waals surface area contributed by atoms with Crippen molar-refractivity contribution in [2.45, 2.75) is 65.8 Å². The predicted molar refractivity (Wildman–Crippen MR) is 81.1 cm³/mol. The molecule has 0 heterocycles. The van der Waals surface area contributed by atoms with Crippen molar-refractivity contribution in [1.82, 2.24) is 10.6 Å². The fourth-order valence-corrected chi connectivity index (χ4v) is 2.67. The highest BCUT2D eigenvalue weighted by molar-refractivity contribution is 5.81. The molecule has 112 valence electrons. The van der Waals surface area contributed by atoms with Gasteiger partial charge in [0.25, 0.3) is 0 Å². The molecule has 19 heavy (non-hydrogen) atoms. The van der Waals surface area contributed by atoms with Crippen molar-refractivity contribution >= 4 is 5.91 Å². The summed E-state index contributed by atoms with van der Waals surface area (Å²) < 4.78 is 0. The van der Waals surface area contributed by atoms with Crippen LogP contribution < -0.4 is 10.6 Å². The number of rotatable bonds is 7. The first-order chi connectivity index (χ1) is 8.99. The third-order valence-electron chi connectivity index (χ3n) is 4.22. The van der Waals surface area contributed by atoms with Gasteiger partial charge in [-0.15, -0.1) is 0 Å². The van der Waals surface area contributed by atoms with E-state index in [2.05, 4.69) is 31.4 Å². The number of carbonyl (C=O) groups is 1. The third kappa shape index (κ3) is 6.95. The lowest BCUT2D eigenvalue weighted by molar-refractivity contribution is -0.122. The van der Waals surface area contributed by atoms with E-state index in [1.807, 2.05) is 6.92 Å². The smallest absolute Gasteiger partial charge is 0.236 e. The van der Waals surface area contributed by atoms with Gasteiger partial charge in [-0.05, 0) is 37.6 Å². The Hall–Kier alpha value is -0.570. The van der Waals surface area contributed by atoms with Crippen LogP contribution in [0, 0.1) is 17.8 Å². The molecule has 3 heteroatoms. The molecule has 0 aromatic carbocycles. The molecule has 1 fully saturated rings. The van der Waals surface area contributed by atoms with Crippen LogP contribution in [-0.4, -0.2) is 25.0 Å². The summed E-state index contributed by atoms with van der Waals surface area (Å²) in [5, 5.41) is 6.33. The maximum Gasteiger partial charge on any atom is 0.236 e. The van der Waals surface area contributed by atoms with Crippen LogP contribution in [0.2, 0.25) is 0 Å². The molecule has 0 aliphatic heterocycles. The molecular weight excluding hydrogens is 236 g/mol. The molecule has 1 atom stereocenters. The van der Waals surface area contributed by atoms with E-state index in [9.17, 15) is 4.79 Å². The van der Waals surface area contributed by atoms with Gasteiger partial charge in [-0.3, -0.25) is 4.79 Å². The van der Waals surface area contributed by atoms with Crippen LogP contribution in [0.4, 0.5) is 0 Å². The molecular formula is C16H32N2O. The molecule has 1 unspecified atom stereocenters. The molecule has 1 aliphatic rings. The summed E-state index contributed by atoms with van der Waals surface area (Å²) in [6.45, 7) is 10.3. The Morgan fingerprint density at radius 1 is 1.16 bits per heavy atom. The second-order valence-electron chi connectivity index (χ2n) is 6.73. The molecule has 0 aromatic heterocycles. The quantitative estimate of drug-likeness (QED) is 0.745. The maximum absolute atomic E-state index is 11.8. The molecule has 0 spiro atoms. The Kier molecular flexibility index (Phi) is 7.44. The lowest BCUT2D eigenvalue weighted by Crippen LogP contribution is -2.43. The summed E-state index contributed by atoms with van der Waals surface area (Å²) in [6, 6.07) is -0.0683. The fraction of sp³-hybridized carbons (Fsp3) is 0.938. The first-order valence-electron chi connectivity index (χ1n) is 8.00. The van der Waals surface area contributed by atoms with Crippen LogP contribution in [0.15, 0.2) is 0 Å². The molecule has 1 aliphatic carbocycles. The lowest BCUT2D eigenvalue weighted by atomic mass is 9.81. The number of amides is 1. The van der Waals surface area contributed by atoms with E-state index in [0.717, 1.165) is 24.9 Å². The van der Waals surface area contributed by atoms with Crippen LogP contribution in [0.5, 0.6) is 0 Å². The lowest BCUT2D eigenvalue weighted by Gasteiger charge is -2.26. The van der Waals surface area contributed by atoms with Gasteiger partial charge >= 0.3 is 0 Å². The van der Waals surface area contributed by atoms with Gasteiger partial charge in [-0.25, -0.2) is 0 Å². The van der Waals surface area contributed by atoms with Crippen molar-refractivity contribution in [3.8, 4) is 0 Å². The van der Waals surface area contributed by atoms with Gasteiger partial charge in [0, 0.05) is 6.54 Å². The summed E-state index contributed by atoms with van der Waals surface area (Å²) in [4.78, 5) is 11.8. The Balaban J connectivity index is 2.09. The highest BCUT2D eigenvalue weighted by atomic mass is 16.2. The Bertz CT molecular complexity index is 257. The summed E-state index contributed by atoms with van der Waals surface area (Å²) in [5.41, 5.74) is 0. The largest absolute Gasteiger partial charge is 0.354 e. The normalized spacial score (nSPS) is 25.3. The third-order valence-corrected chi connectivity index (χ3v) is 4.22. The molecule has 0 bridgehead atoms. The predicted octanol–water partition coefficient (Wildman–Crippen LogP) is 2.95. The fourth-order valence-electron chi connectivity index (χ4n) is 2.67. The van der Waals surface area contributed by atoms with Gasteiger partial charge in [-0.1, -0.05) is 46.5 Å². The minimum absolute atomic E-state index is 0.0683. The van der Waals surface area contributed by atoms with Crippen LogP contribution in [-0.2, 0) is 4.79 Å². The Morgan fingerprint density at radius 2 is 1.79 bits per heavy atom. The molecule has 0 radical (unpaired) electrons. The minimum Gasteiger partial charge on any atom is -0.354 e. The maximum atomic E-state index is 11.8. The van der Waals surface area contributed by atoms with Crippen molar-refractivity contribution in [2.24, 2.45) is 17.8 Å². The zero-order valence-corrected chi connectivity index (χ0v) is 13.2. The summed E-state index contributed by atoms with van der Waals surface area (Å²) >= 11 is 0. The zero-order valence-electron chi connectivity index (χ0n) is 13.2. The van der Waals surface area contributed by atoms with E-state index in [0.29, 0.717) is 5.92 Å². The topological polar surface area (TPSA) is 41.1 Å². The monoisotopic (exact) mass is 268 g/mol. The Morgan fingerprint density at radius 3 is 2.37 bits per heavy atom. The first kappa shape index (κ1) is 16.5. The number of hydrogen-bond acceptors (Lipinski definition) is 2. The molecule has 3 nitrogen and oxygen atoms in total. The van der Waals surface area contributed by atoms with Crippen molar-refractivity contribution in [2.75, 3.05) is 13.1 Å². The Labute approximate surface area is 118 Å². The van der Waals surface area contributed by atoms with Gasteiger partial charge in [0.2, 0.25) is 5.91 Å². The molecule has 1 amide bonds. The summed E-state index contributed by atoms with van der Waals surface area (Å²) in [7, 11) is 0. The average molecular weight is 268 g/mol. The molecule has 1 saturated carbocycles. The van der Waals surface area contributed by atoms with E-state index in [1.54, 1.807) is 0 Å². The first-order valence-corrected chi connectivity index (χ1v) is 8.00. The SMILES string of the molecule is CC(C)CNC(=O)C(C)NCCC1CCC(C)CC1. The number of hydrogen-bond donors (Lipinski definition) is 2. The van der Waals surface area contributed by atoms with E-state index < -0.39 is 0 Å². The van der Waals surface area contributed by atoms with Gasteiger partial charge in [0.15, 0.2) is 0 Å². The van der Waals surface area contributed by atoms with E-state index >= 15 is 0 Å². The molecule has 1 rings (SSSR count). The van der Waals surface area contributed by atoms with Crippen molar-refractivity contribution in [3.05, 3.63) is 0 Å². The van der Waals surface area contributed by atoms with Crippen molar-refractivity contribution in [1.29, 1.82) is 0 Å². The molecule has 0 saturated heterocycles. The van der Waals surface area contributed by atoms with Gasteiger partial charge in [0.05, 0.1) is 6.04 Å². The number of nitrogens with one attached hydrogen (secondary N) is 2. The summed E-state index contributed by atoms with van der Waals surface area (Å²) in [5.74, 6) is 2.44. The molecule has 0 aromatic rings. The van der Waals surface area contributed by atoms with Crippen LogP contribution in [0.3, 0.4) is 0 Å². The second kappa shape index (κ2) is 8.57. The van der Waals surface area contributed by atoms with E-state index in [4.69, 9.17) is 0 Å². The number of carbonyl (C=O) groups excluding carboxylic acids is 1. The average Bonchev–Trinajstić information content (AvgIpc) is 2.38. The van der Waals surface area contributed by atoms with E-state index in [1.165, 1.54) is 32.1 Å². The van der Waals surface area contributed by atoms with Crippen molar-refractivity contribution in [3.63, 3.8) is 0 Å². The highest BCUT2D eigenvalue weighted by Crippen LogP contribution is 2.29. The zero-order chi connectivity index (χ0) is 14.3. The second-order valence-corrected chi connectivity index (χ2v) is 6.73. The standard InChI is InChI=1S/C16H32N2O/c1-12(2)11-18-16(19)14(4)17-10-9-15-7-5-13(3)6-8-15/h12-15,17H,5-11H2,1-4H3,(H,18,19). The van der Waals surface area contributed by atoms with Gasteiger partial charge in [-0.2, -0.15) is 0 Å². The van der Waals surface area contributed by atoms with Crippen LogP contribution in [0.25, 0.3) is 0 Å². The van der Waals surface area contributed by atoms with Gasteiger partial charge in [0.1, 0.15) is 0 Å². The summed E-state index contributed by atoms with van der Waals surface area (Å²) in [6.07, 6.45) is 6.73. The van der Waals surface area contributed by atoms with Crippen molar-refractivity contribution < 1.29 is 4.79 Å². The van der Waals surface area contributed by atoms with Gasteiger partial charge < -0.3 is 10.6 Å². The van der Waals surface area contributed by atoms with Crippen LogP contribution >= 0.6 is 0 Å². The van der Waals surface area contributed by atoms with E-state index in [-0.39, 0.29) is 11.9 Å². The molecule has 2 N–H and O–H groups in total. The minimum atomic E-state index is -0.0683. The van der Waals surface area contributed by atoms with Crippen LogP contribution in [0.1, 0.15) is 59.8 Å². The highest BCUT2D eigenvalue weighted by Gasteiger charge is 2.18.